The van der Waals surface area contributed by atoms with Gasteiger partial charge in [0.25, 0.3) is 5.91 Å². The maximum absolute atomic E-state index is 12.9. The van der Waals surface area contributed by atoms with Gasteiger partial charge in [-0.1, -0.05) is 73.8 Å². The molecule has 0 bridgehead atoms. The minimum absolute atomic E-state index is 0.0596. The second-order valence-corrected chi connectivity index (χ2v) is 10.4. The quantitative estimate of drug-likeness (QED) is 0.145. The molecule has 0 aliphatic heterocycles. The fourth-order valence-corrected chi connectivity index (χ4v) is 4.25. The van der Waals surface area contributed by atoms with Gasteiger partial charge in [-0.05, 0) is 72.3 Å². The van der Waals surface area contributed by atoms with E-state index in [1.807, 2.05) is 60.7 Å². The lowest BCUT2D eigenvalue weighted by Gasteiger charge is -2.11. The van der Waals surface area contributed by atoms with E-state index >= 15 is 0 Å². The molecule has 5 nitrogen and oxygen atoms in total. The maximum atomic E-state index is 12.9. The summed E-state index contributed by atoms with van der Waals surface area (Å²) in [6.07, 6.45) is 1.51. The minimum Gasteiger partial charge on any atom is -0.489 e. The monoisotopic (exact) mass is 650 g/mol. The van der Waals surface area contributed by atoms with E-state index in [9.17, 15) is 10.1 Å². The highest BCUT2D eigenvalue weighted by Gasteiger charge is 2.13. The molecule has 4 aromatic carbocycles. The summed E-state index contributed by atoms with van der Waals surface area (Å²) < 4.78 is 13.6. The van der Waals surface area contributed by atoms with Crippen LogP contribution in [0, 0.1) is 11.3 Å². The van der Waals surface area contributed by atoms with Gasteiger partial charge in [0, 0.05) is 30.8 Å². The zero-order valence-corrected chi connectivity index (χ0v) is 23.9. The van der Waals surface area contributed by atoms with E-state index in [2.05, 4.69) is 37.2 Å². The van der Waals surface area contributed by atoms with Gasteiger partial charge in [0.1, 0.15) is 36.4 Å². The number of hydrogen-bond donors (Lipinski definition) is 1. The van der Waals surface area contributed by atoms with E-state index in [1.54, 1.807) is 36.4 Å². The Morgan fingerprint density at radius 3 is 2.32 bits per heavy atom. The summed E-state index contributed by atoms with van der Waals surface area (Å²) in [6, 6.07) is 29.6. The minimum atomic E-state index is -0.531. The van der Waals surface area contributed by atoms with Crippen molar-refractivity contribution in [3.8, 4) is 17.6 Å². The summed E-state index contributed by atoms with van der Waals surface area (Å²) in [5, 5.41) is 13.1. The third-order valence-electron chi connectivity index (χ3n) is 5.41. The van der Waals surface area contributed by atoms with Crippen LogP contribution in [0.4, 0.5) is 5.69 Å². The van der Waals surface area contributed by atoms with E-state index in [4.69, 9.17) is 21.1 Å². The van der Waals surface area contributed by atoms with Crippen LogP contribution in [0.15, 0.2) is 106 Å². The molecule has 1 N–H and O–H groups in total. The Kier molecular flexibility index (Phi) is 9.61. The molecule has 0 aliphatic rings. The number of rotatable bonds is 9. The summed E-state index contributed by atoms with van der Waals surface area (Å²) in [6.45, 7) is 0.667. The molecule has 0 fully saturated rings. The number of nitrogens with zero attached hydrogens (tertiary/aromatic N) is 1. The molecule has 0 aliphatic carbocycles. The number of halogens is 3. The van der Waals surface area contributed by atoms with Gasteiger partial charge in [-0.3, -0.25) is 4.79 Å². The molecule has 0 unspecified atom stereocenters. The first-order valence-electron chi connectivity index (χ1n) is 11.5. The lowest BCUT2D eigenvalue weighted by molar-refractivity contribution is -0.112. The number of amides is 1. The van der Waals surface area contributed by atoms with Gasteiger partial charge in [-0.15, -0.1) is 0 Å². The SMILES string of the molecule is N#C/C(=C\c1cc(Br)ccc1OCc1ccc(Br)cc1)C(=O)Nc1ccc(OCc2ccccc2Cl)cc1. The van der Waals surface area contributed by atoms with Crippen molar-refractivity contribution in [3.63, 3.8) is 0 Å². The van der Waals surface area contributed by atoms with Gasteiger partial charge in [0.05, 0.1) is 0 Å². The molecule has 0 radical (unpaired) electrons. The van der Waals surface area contributed by atoms with Crippen LogP contribution in [0.25, 0.3) is 6.08 Å². The van der Waals surface area contributed by atoms with Crippen molar-refractivity contribution in [3.05, 3.63) is 127 Å². The largest absolute Gasteiger partial charge is 0.489 e. The summed E-state index contributed by atoms with van der Waals surface area (Å²) in [5.74, 6) is 0.647. The van der Waals surface area contributed by atoms with Crippen molar-refractivity contribution in [2.24, 2.45) is 0 Å². The van der Waals surface area contributed by atoms with Gasteiger partial charge in [0.15, 0.2) is 0 Å². The molecular weight excluding hydrogens is 632 g/mol. The van der Waals surface area contributed by atoms with Crippen molar-refractivity contribution in [1.29, 1.82) is 5.26 Å². The topological polar surface area (TPSA) is 71.3 Å². The Hall–Kier alpha value is -3.57. The fraction of sp³-hybridized carbons (Fsp3) is 0.0667. The van der Waals surface area contributed by atoms with Gasteiger partial charge in [0.2, 0.25) is 0 Å². The molecule has 4 aromatic rings. The van der Waals surface area contributed by atoms with Crippen molar-refractivity contribution < 1.29 is 14.3 Å². The fourth-order valence-electron chi connectivity index (χ4n) is 3.42. The summed E-state index contributed by atoms with van der Waals surface area (Å²) in [4.78, 5) is 12.9. The first-order chi connectivity index (χ1) is 18.4. The average molecular weight is 653 g/mol. The van der Waals surface area contributed by atoms with Gasteiger partial charge < -0.3 is 14.8 Å². The molecule has 4 rings (SSSR count). The van der Waals surface area contributed by atoms with Crippen LogP contribution in [0.3, 0.4) is 0 Å². The predicted octanol–water partition coefficient (Wildman–Crippen LogP) is 8.57. The highest BCUT2D eigenvalue weighted by atomic mass is 79.9. The second-order valence-electron chi connectivity index (χ2n) is 8.13. The number of nitrogens with one attached hydrogen (secondary N) is 1. The van der Waals surface area contributed by atoms with E-state index in [0.717, 1.165) is 20.1 Å². The van der Waals surface area contributed by atoms with E-state index in [-0.39, 0.29) is 5.57 Å². The number of hydrogen-bond acceptors (Lipinski definition) is 4. The van der Waals surface area contributed by atoms with Crippen LogP contribution in [0.1, 0.15) is 16.7 Å². The Labute approximate surface area is 242 Å². The Morgan fingerprint density at radius 1 is 0.895 bits per heavy atom. The molecule has 0 heterocycles. The number of nitriles is 1. The Morgan fingerprint density at radius 2 is 1.61 bits per heavy atom. The zero-order chi connectivity index (χ0) is 26.9. The molecule has 190 valence electrons. The van der Waals surface area contributed by atoms with E-state index < -0.39 is 5.91 Å². The summed E-state index contributed by atoms with van der Waals surface area (Å²) >= 11 is 13.0. The molecule has 1 amide bonds. The number of anilines is 1. The average Bonchev–Trinajstić information content (AvgIpc) is 2.92. The highest BCUT2D eigenvalue weighted by molar-refractivity contribution is 9.10. The lowest BCUT2D eigenvalue weighted by atomic mass is 10.1. The van der Waals surface area contributed by atoms with Crippen LogP contribution < -0.4 is 14.8 Å². The van der Waals surface area contributed by atoms with Crippen molar-refractivity contribution in [2.45, 2.75) is 13.2 Å². The molecule has 0 atom stereocenters. The van der Waals surface area contributed by atoms with Crippen LogP contribution in [-0.2, 0) is 18.0 Å². The molecular formula is C30H21Br2ClN2O3. The number of carbonyl (C=O) groups excluding carboxylic acids is 1. The molecule has 0 aromatic heterocycles. The smallest absolute Gasteiger partial charge is 0.266 e. The van der Waals surface area contributed by atoms with Crippen molar-refractivity contribution >= 4 is 61.1 Å². The molecule has 38 heavy (non-hydrogen) atoms. The predicted molar refractivity (Wildman–Crippen MR) is 157 cm³/mol. The van der Waals surface area contributed by atoms with Gasteiger partial charge in [-0.2, -0.15) is 5.26 Å². The number of ether oxygens (including phenoxy) is 2. The first kappa shape index (κ1) is 27.5. The van der Waals surface area contributed by atoms with E-state index in [1.165, 1.54) is 6.08 Å². The first-order valence-corrected chi connectivity index (χ1v) is 13.4. The Balaban J connectivity index is 1.43. The summed E-state index contributed by atoms with van der Waals surface area (Å²) in [7, 11) is 0. The summed E-state index contributed by atoms with van der Waals surface area (Å²) in [5.41, 5.74) is 2.94. The van der Waals surface area contributed by atoms with Gasteiger partial charge in [-0.25, -0.2) is 0 Å². The maximum Gasteiger partial charge on any atom is 0.266 e. The molecule has 0 saturated heterocycles. The van der Waals surface area contributed by atoms with Crippen molar-refractivity contribution in [2.75, 3.05) is 5.32 Å². The van der Waals surface area contributed by atoms with E-state index in [0.29, 0.717) is 41.0 Å². The molecule has 0 spiro atoms. The third-order valence-corrected chi connectivity index (χ3v) is 6.80. The standard InChI is InChI=1S/C30H21Br2ClN2O3/c31-24-7-5-20(6-8-24)18-38-29-14-9-25(32)16-22(29)15-23(17-34)30(36)35-26-10-12-27(13-11-26)37-19-21-3-1-2-4-28(21)33/h1-16H,18-19H2,(H,35,36)/b23-15+. The number of carbonyl (C=O) groups is 1. The Bertz CT molecular complexity index is 1500. The second kappa shape index (κ2) is 13.3. The number of benzene rings is 4. The van der Waals surface area contributed by atoms with Crippen molar-refractivity contribution in [1.82, 2.24) is 0 Å². The van der Waals surface area contributed by atoms with Crippen LogP contribution in [0.2, 0.25) is 5.02 Å². The zero-order valence-electron chi connectivity index (χ0n) is 20.0. The molecule has 8 heteroatoms. The third kappa shape index (κ3) is 7.72. The van der Waals surface area contributed by atoms with Crippen LogP contribution in [-0.4, -0.2) is 5.91 Å². The van der Waals surface area contributed by atoms with Crippen LogP contribution >= 0.6 is 43.5 Å². The highest BCUT2D eigenvalue weighted by Crippen LogP contribution is 2.27. The van der Waals surface area contributed by atoms with Crippen LogP contribution in [0.5, 0.6) is 11.5 Å². The normalized spacial score (nSPS) is 10.9. The van der Waals surface area contributed by atoms with Gasteiger partial charge >= 0.3 is 0 Å². The lowest BCUT2D eigenvalue weighted by Crippen LogP contribution is -2.13. The molecule has 0 saturated carbocycles.